The van der Waals surface area contributed by atoms with E-state index in [1.54, 1.807) is 4.90 Å². The molecule has 2 rings (SSSR count). The molecule has 0 aliphatic carbocycles. The largest absolute Gasteiger partial charge is 0.508 e. The molecule has 0 bridgehead atoms. The van der Waals surface area contributed by atoms with Gasteiger partial charge in [-0.15, -0.1) is 0 Å². The second-order valence-electron chi connectivity index (χ2n) is 5.72. The molecule has 2 aromatic carbocycles. The lowest BCUT2D eigenvalue weighted by molar-refractivity contribution is -0.136. The van der Waals surface area contributed by atoms with Gasteiger partial charge in [-0.1, -0.05) is 30.3 Å². The van der Waals surface area contributed by atoms with Crippen molar-refractivity contribution in [1.82, 2.24) is 4.90 Å². The molecule has 0 saturated heterocycles. The highest BCUT2D eigenvalue weighted by Crippen LogP contribution is 2.12. The van der Waals surface area contributed by atoms with E-state index in [0.29, 0.717) is 12.1 Å². The second-order valence-corrected chi connectivity index (χ2v) is 5.72. The summed E-state index contributed by atoms with van der Waals surface area (Å²) in [5.41, 5.74) is 1.31. The topological polar surface area (TPSA) is 66.8 Å². The molecule has 0 aliphatic heterocycles. The summed E-state index contributed by atoms with van der Waals surface area (Å²) in [5.74, 6) is -0.774. The van der Waals surface area contributed by atoms with Crippen LogP contribution in [-0.4, -0.2) is 34.5 Å². The SMILES string of the molecule is CC(C)N(Cc1ccccc1)C(=O)COC(=O)c1ccc(O)cc1. The lowest BCUT2D eigenvalue weighted by atomic mass is 10.2. The Morgan fingerprint density at radius 3 is 2.25 bits per heavy atom. The quantitative estimate of drug-likeness (QED) is 0.828. The van der Waals surface area contributed by atoms with Crippen LogP contribution >= 0.6 is 0 Å². The van der Waals surface area contributed by atoms with Crippen molar-refractivity contribution in [3.05, 3.63) is 65.7 Å². The van der Waals surface area contributed by atoms with Crippen molar-refractivity contribution in [1.29, 1.82) is 0 Å². The summed E-state index contributed by atoms with van der Waals surface area (Å²) < 4.78 is 5.09. The number of amides is 1. The number of carbonyl (C=O) groups is 2. The van der Waals surface area contributed by atoms with E-state index in [2.05, 4.69) is 0 Å². The number of nitrogens with zero attached hydrogens (tertiary/aromatic N) is 1. The first-order chi connectivity index (χ1) is 11.5. The molecular formula is C19H21NO4. The van der Waals surface area contributed by atoms with Gasteiger partial charge in [0.05, 0.1) is 5.56 Å². The van der Waals surface area contributed by atoms with Crippen molar-refractivity contribution in [3.8, 4) is 5.75 Å². The van der Waals surface area contributed by atoms with Crippen molar-refractivity contribution in [3.63, 3.8) is 0 Å². The Morgan fingerprint density at radius 1 is 1.04 bits per heavy atom. The van der Waals surface area contributed by atoms with Crippen LogP contribution in [0.1, 0.15) is 29.8 Å². The number of ether oxygens (including phenoxy) is 1. The van der Waals surface area contributed by atoms with E-state index in [9.17, 15) is 14.7 Å². The second kappa shape index (κ2) is 8.15. The highest BCUT2D eigenvalue weighted by molar-refractivity contribution is 5.91. The third-order valence-corrected chi connectivity index (χ3v) is 3.57. The molecule has 1 amide bonds. The zero-order valence-electron chi connectivity index (χ0n) is 13.8. The molecule has 0 radical (unpaired) electrons. The van der Waals surface area contributed by atoms with Crippen molar-refractivity contribution in [2.45, 2.75) is 26.4 Å². The van der Waals surface area contributed by atoms with Crippen molar-refractivity contribution < 1.29 is 19.4 Å². The average Bonchev–Trinajstić information content (AvgIpc) is 2.58. The first-order valence-corrected chi connectivity index (χ1v) is 7.77. The predicted molar refractivity (Wildman–Crippen MR) is 90.5 cm³/mol. The Morgan fingerprint density at radius 2 is 1.67 bits per heavy atom. The van der Waals surface area contributed by atoms with Gasteiger partial charge in [0.25, 0.3) is 5.91 Å². The molecule has 0 aromatic heterocycles. The van der Waals surface area contributed by atoms with Crippen LogP contribution in [0.2, 0.25) is 0 Å². The van der Waals surface area contributed by atoms with E-state index in [1.807, 2.05) is 44.2 Å². The third-order valence-electron chi connectivity index (χ3n) is 3.57. The predicted octanol–water partition coefficient (Wildman–Crippen LogP) is 2.99. The Hall–Kier alpha value is -2.82. The van der Waals surface area contributed by atoms with Crippen LogP contribution in [0.5, 0.6) is 5.75 Å². The summed E-state index contributed by atoms with van der Waals surface area (Å²) in [6.45, 7) is 3.99. The smallest absolute Gasteiger partial charge is 0.338 e. The Labute approximate surface area is 141 Å². The average molecular weight is 327 g/mol. The number of phenols is 1. The van der Waals surface area contributed by atoms with Crippen LogP contribution in [0.3, 0.4) is 0 Å². The van der Waals surface area contributed by atoms with Gasteiger partial charge in [-0.05, 0) is 43.7 Å². The summed E-state index contributed by atoms with van der Waals surface area (Å²) in [7, 11) is 0. The van der Waals surface area contributed by atoms with Crippen molar-refractivity contribution >= 4 is 11.9 Å². The molecule has 0 aliphatic rings. The summed E-state index contributed by atoms with van der Waals surface area (Å²) in [4.78, 5) is 26.0. The maximum atomic E-state index is 12.4. The summed E-state index contributed by atoms with van der Waals surface area (Å²) in [6.07, 6.45) is 0. The maximum Gasteiger partial charge on any atom is 0.338 e. The minimum atomic E-state index is -0.591. The number of benzene rings is 2. The van der Waals surface area contributed by atoms with E-state index in [1.165, 1.54) is 24.3 Å². The minimum Gasteiger partial charge on any atom is -0.508 e. The van der Waals surface area contributed by atoms with Crippen molar-refractivity contribution in [2.75, 3.05) is 6.61 Å². The van der Waals surface area contributed by atoms with Gasteiger partial charge in [0, 0.05) is 12.6 Å². The molecule has 0 heterocycles. The number of phenolic OH excluding ortho intramolecular Hbond substituents is 1. The van der Waals surface area contributed by atoms with Crippen LogP contribution in [0, 0.1) is 0 Å². The standard InChI is InChI=1S/C19H21NO4/c1-14(2)20(12-15-6-4-3-5-7-15)18(22)13-24-19(23)16-8-10-17(21)11-9-16/h3-11,14,21H,12-13H2,1-2H3. The number of esters is 1. The molecule has 5 heteroatoms. The summed E-state index contributed by atoms with van der Waals surface area (Å²) in [5, 5.41) is 9.22. The number of hydrogen-bond donors (Lipinski definition) is 1. The van der Waals surface area contributed by atoms with Crippen LogP contribution in [0.25, 0.3) is 0 Å². The fourth-order valence-electron chi connectivity index (χ4n) is 2.23. The number of carbonyl (C=O) groups excluding carboxylic acids is 2. The fraction of sp³-hybridized carbons (Fsp3) is 0.263. The van der Waals surface area contributed by atoms with Gasteiger partial charge < -0.3 is 14.7 Å². The van der Waals surface area contributed by atoms with E-state index >= 15 is 0 Å². The highest BCUT2D eigenvalue weighted by atomic mass is 16.5. The van der Waals surface area contributed by atoms with Gasteiger partial charge in [-0.2, -0.15) is 0 Å². The molecule has 0 atom stereocenters. The zero-order valence-corrected chi connectivity index (χ0v) is 13.8. The van der Waals surface area contributed by atoms with Crippen molar-refractivity contribution in [2.24, 2.45) is 0 Å². The molecule has 0 unspecified atom stereocenters. The van der Waals surface area contributed by atoms with Crippen LogP contribution in [0.4, 0.5) is 0 Å². The molecule has 0 spiro atoms. The van der Waals surface area contributed by atoms with E-state index in [4.69, 9.17) is 4.74 Å². The van der Waals surface area contributed by atoms with E-state index in [0.717, 1.165) is 5.56 Å². The van der Waals surface area contributed by atoms with Gasteiger partial charge in [-0.3, -0.25) is 4.79 Å². The lowest BCUT2D eigenvalue weighted by Crippen LogP contribution is -2.39. The molecule has 0 saturated carbocycles. The number of aromatic hydroxyl groups is 1. The van der Waals surface area contributed by atoms with Crippen LogP contribution in [0.15, 0.2) is 54.6 Å². The highest BCUT2D eigenvalue weighted by Gasteiger charge is 2.19. The van der Waals surface area contributed by atoms with Gasteiger partial charge in [0.1, 0.15) is 5.75 Å². The van der Waals surface area contributed by atoms with Gasteiger partial charge in [0.2, 0.25) is 0 Å². The Balaban J connectivity index is 1.95. The Bertz CT molecular complexity index is 680. The molecule has 0 fully saturated rings. The van der Waals surface area contributed by atoms with E-state index < -0.39 is 5.97 Å². The molecule has 24 heavy (non-hydrogen) atoms. The maximum absolute atomic E-state index is 12.4. The van der Waals surface area contributed by atoms with Gasteiger partial charge in [0.15, 0.2) is 6.61 Å². The summed E-state index contributed by atoms with van der Waals surface area (Å²) in [6, 6.07) is 15.3. The van der Waals surface area contributed by atoms with Crippen LogP contribution < -0.4 is 0 Å². The molecule has 1 N–H and O–H groups in total. The lowest BCUT2D eigenvalue weighted by Gasteiger charge is -2.26. The third kappa shape index (κ3) is 4.84. The van der Waals surface area contributed by atoms with Gasteiger partial charge >= 0.3 is 5.97 Å². The molecular weight excluding hydrogens is 306 g/mol. The zero-order chi connectivity index (χ0) is 17.5. The molecule has 126 valence electrons. The Kier molecular flexibility index (Phi) is 5.95. The fourth-order valence-corrected chi connectivity index (χ4v) is 2.23. The number of rotatable bonds is 6. The molecule has 5 nitrogen and oxygen atoms in total. The number of hydrogen-bond acceptors (Lipinski definition) is 4. The monoisotopic (exact) mass is 327 g/mol. The minimum absolute atomic E-state index is 0.00918. The summed E-state index contributed by atoms with van der Waals surface area (Å²) >= 11 is 0. The van der Waals surface area contributed by atoms with E-state index in [-0.39, 0.29) is 24.3 Å². The molecule has 2 aromatic rings. The van der Waals surface area contributed by atoms with Gasteiger partial charge in [-0.25, -0.2) is 4.79 Å². The first kappa shape index (κ1) is 17.5. The first-order valence-electron chi connectivity index (χ1n) is 7.77. The normalized spacial score (nSPS) is 10.5. The van der Waals surface area contributed by atoms with Crippen LogP contribution in [-0.2, 0) is 16.1 Å².